The number of hydrogen-bond acceptors (Lipinski definition) is 5. The number of hydrogen-bond donors (Lipinski definition) is 1. The van der Waals surface area contributed by atoms with Crippen LogP contribution >= 0.6 is 23.6 Å². The van der Waals surface area contributed by atoms with Crippen LogP contribution < -0.4 is 0 Å². The monoisotopic (exact) mass is 254 g/mol. The van der Waals surface area contributed by atoms with Crippen molar-refractivity contribution in [3.63, 3.8) is 0 Å². The Morgan fingerprint density at radius 2 is 2.50 bits per heavy atom. The Morgan fingerprint density at radius 3 is 3.06 bits per heavy atom. The minimum Gasteiger partial charge on any atom is -0.493 e. The minimum absolute atomic E-state index is 0.151. The molecule has 0 aromatic carbocycles. The van der Waals surface area contributed by atoms with Gasteiger partial charge in [-0.1, -0.05) is 11.3 Å². The van der Waals surface area contributed by atoms with E-state index in [1.54, 1.807) is 24.1 Å². The second kappa shape index (κ2) is 4.63. The SMILES string of the molecule is Cn1c(O)c(C=NCc2ccco2)sc1=S. The average molecular weight is 254 g/mol. The number of aromatic hydroxyl groups is 1. The Hall–Kier alpha value is -1.40. The van der Waals surface area contributed by atoms with Crippen molar-refractivity contribution in [1.82, 2.24) is 4.57 Å². The van der Waals surface area contributed by atoms with Crippen LogP contribution in [0.1, 0.15) is 10.6 Å². The Labute approximate surface area is 101 Å². The second-order valence-electron chi connectivity index (χ2n) is 3.16. The molecule has 16 heavy (non-hydrogen) atoms. The summed E-state index contributed by atoms with van der Waals surface area (Å²) in [4.78, 5) is 4.84. The smallest absolute Gasteiger partial charge is 0.211 e. The molecule has 0 amide bonds. The van der Waals surface area contributed by atoms with Gasteiger partial charge in [0.25, 0.3) is 0 Å². The quantitative estimate of drug-likeness (QED) is 0.677. The summed E-state index contributed by atoms with van der Waals surface area (Å²) in [5, 5.41) is 9.67. The van der Waals surface area contributed by atoms with Gasteiger partial charge >= 0.3 is 0 Å². The van der Waals surface area contributed by atoms with Gasteiger partial charge in [-0.3, -0.25) is 9.56 Å². The Balaban J connectivity index is 2.12. The summed E-state index contributed by atoms with van der Waals surface area (Å²) >= 11 is 6.36. The molecule has 0 bridgehead atoms. The number of furan rings is 1. The molecule has 6 heteroatoms. The van der Waals surface area contributed by atoms with Crippen LogP contribution in [0, 0.1) is 3.95 Å². The first-order valence-electron chi connectivity index (χ1n) is 4.59. The Kier molecular flexibility index (Phi) is 3.21. The fourth-order valence-corrected chi connectivity index (χ4v) is 2.29. The van der Waals surface area contributed by atoms with Crippen molar-refractivity contribution < 1.29 is 9.52 Å². The third-order valence-electron chi connectivity index (χ3n) is 2.04. The van der Waals surface area contributed by atoms with E-state index in [1.807, 2.05) is 12.1 Å². The molecule has 2 aromatic heterocycles. The van der Waals surface area contributed by atoms with Gasteiger partial charge in [-0.15, -0.1) is 0 Å². The zero-order valence-corrected chi connectivity index (χ0v) is 10.2. The van der Waals surface area contributed by atoms with Crippen LogP contribution in [0.3, 0.4) is 0 Å². The topological polar surface area (TPSA) is 50.7 Å². The van der Waals surface area contributed by atoms with Gasteiger partial charge in [0.05, 0.1) is 12.8 Å². The predicted molar refractivity (Wildman–Crippen MR) is 65.8 cm³/mol. The van der Waals surface area contributed by atoms with Crippen molar-refractivity contribution in [3.8, 4) is 5.88 Å². The van der Waals surface area contributed by atoms with Gasteiger partial charge < -0.3 is 9.52 Å². The molecule has 0 saturated heterocycles. The van der Waals surface area contributed by atoms with E-state index in [-0.39, 0.29) is 5.88 Å². The number of thiazole rings is 1. The van der Waals surface area contributed by atoms with Crippen LogP contribution in [-0.4, -0.2) is 15.9 Å². The molecule has 4 nitrogen and oxygen atoms in total. The molecular weight excluding hydrogens is 244 g/mol. The third-order valence-corrected chi connectivity index (χ3v) is 3.53. The lowest BCUT2D eigenvalue weighted by molar-refractivity contribution is 0.430. The first-order chi connectivity index (χ1) is 7.68. The van der Waals surface area contributed by atoms with Gasteiger partial charge in [-0.2, -0.15) is 0 Å². The summed E-state index contributed by atoms with van der Waals surface area (Å²) in [7, 11) is 1.72. The third kappa shape index (κ3) is 2.23. The van der Waals surface area contributed by atoms with E-state index in [9.17, 15) is 5.11 Å². The van der Waals surface area contributed by atoms with Crippen molar-refractivity contribution in [2.75, 3.05) is 0 Å². The summed E-state index contributed by atoms with van der Waals surface area (Å²) < 4.78 is 7.30. The van der Waals surface area contributed by atoms with Gasteiger partial charge in [-0.05, 0) is 24.4 Å². The fourth-order valence-electron chi connectivity index (χ4n) is 1.17. The molecule has 2 heterocycles. The lowest BCUT2D eigenvalue weighted by Crippen LogP contribution is -1.86. The van der Waals surface area contributed by atoms with E-state index >= 15 is 0 Å². The van der Waals surface area contributed by atoms with Gasteiger partial charge in [0.2, 0.25) is 5.88 Å². The van der Waals surface area contributed by atoms with E-state index < -0.39 is 0 Å². The highest BCUT2D eigenvalue weighted by atomic mass is 32.1. The molecular formula is C10H10N2O2S2. The summed E-state index contributed by atoms with van der Waals surface area (Å²) in [5.41, 5.74) is 0. The molecule has 0 unspecified atom stereocenters. The van der Waals surface area contributed by atoms with E-state index in [0.717, 1.165) is 5.76 Å². The van der Waals surface area contributed by atoms with E-state index in [4.69, 9.17) is 16.6 Å². The normalized spacial score (nSPS) is 11.3. The largest absolute Gasteiger partial charge is 0.493 e. The lowest BCUT2D eigenvalue weighted by Gasteiger charge is -1.93. The van der Waals surface area contributed by atoms with Crippen LogP contribution in [-0.2, 0) is 13.6 Å². The second-order valence-corrected chi connectivity index (χ2v) is 4.84. The van der Waals surface area contributed by atoms with Crippen LogP contribution in [0.15, 0.2) is 27.8 Å². The molecule has 0 spiro atoms. The van der Waals surface area contributed by atoms with Gasteiger partial charge in [-0.25, -0.2) is 0 Å². The molecule has 0 aliphatic rings. The van der Waals surface area contributed by atoms with Crippen molar-refractivity contribution >= 4 is 29.8 Å². The lowest BCUT2D eigenvalue weighted by atomic mass is 10.4. The molecule has 0 aliphatic carbocycles. The summed E-state index contributed by atoms with van der Waals surface area (Å²) in [6.45, 7) is 0.459. The average Bonchev–Trinajstić information content (AvgIpc) is 2.85. The molecule has 0 atom stereocenters. The zero-order chi connectivity index (χ0) is 11.5. The summed E-state index contributed by atoms with van der Waals surface area (Å²) in [6, 6.07) is 3.67. The van der Waals surface area contributed by atoms with Crippen LogP contribution in [0.25, 0.3) is 0 Å². The molecule has 0 radical (unpaired) electrons. The highest BCUT2D eigenvalue weighted by Crippen LogP contribution is 2.22. The van der Waals surface area contributed by atoms with Crippen molar-refractivity contribution in [3.05, 3.63) is 33.0 Å². The Morgan fingerprint density at radius 1 is 1.69 bits per heavy atom. The molecule has 0 fully saturated rings. The maximum atomic E-state index is 9.67. The molecule has 1 N–H and O–H groups in total. The maximum Gasteiger partial charge on any atom is 0.211 e. The van der Waals surface area contributed by atoms with E-state index in [1.165, 1.54) is 11.3 Å². The van der Waals surface area contributed by atoms with Crippen molar-refractivity contribution in [1.29, 1.82) is 0 Å². The maximum absolute atomic E-state index is 9.67. The number of aromatic nitrogens is 1. The molecule has 0 saturated carbocycles. The first-order valence-corrected chi connectivity index (χ1v) is 5.82. The number of nitrogens with zero attached hydrogens (tertiary/aromatic N) is 2. The molecule has 84 valence electrons. The van der Waals surface area contributed by atoms with Gasteiger partial charge in [0, 0.05) is 13.3 Å². The fraction of sp³-hybridized carbons (Fsp3) is 0.200. The number of rotatable bonds is 3. The standard InChI is InChI=1S/C10H10N2O2S2/c1-12-9(13)8(16-10(12)15)6-11-5-7-3-2-4-14-7/h2-4,6,13H,5H2,1H3. The first kappa shape index (κ1) is 11.1. The number of aliphatic imine (C=N–C) groups is 1. The molecule has 0 aliphatic heterocycles. The van der Waals surface area contributed by atoms with Gasteiger partial charge in [0.15, 0.2) is 3.95 Å². The van der Waals surface area contributed by atoms with Crippen molar-refractivity contribution in [2.24, 2.45) is 12.0 Å². The van der Waals surface area contributed by atoms with E-state index in [0.29, 0.717) is 15.4 Å². The Bertz CT molecular complexity index is 552. The van der Waals surface area contributed by atoms with E-state index in [2.05, 4.69) is 4.99 Å². The molecule has 2 rings (SSSR count). The highest BCUT2D eigenvalue weighted by Gasteiger charge is 2.05. The molecule has 2 aromatic rings. The summed E-state index contributed by atoms with van der Waals surface area (Å²) in [6.07, 6.45) is 3.22. The van der Waals surface area contributed by atoms with Crippen LogP contribution in [0.5, 0.6) is 5.88 Å². The summed E-state index contributed by atoms with van der Waals surface area (Å²) in [5.74, 6) is 0.938. The predicted octanol–water partition coefficient (Wildman–Crippen LogP) is 2.73. The van der Waals surface area contributed by atoms with Crippen molar-refractivity contribution in [2.45, 2.75) is 6.54 Å². The van der Waals surface area contributed by atoms with Crippen LogP contribution in [0.4, 0.5) is 0 Å². The highest BCUT2D eigenvalue weighted by molar-refractivity contribution is 7.73. The minimum atomic E-state index is 0.151. The van der Waals surface area contributed by atoms with Crippen LogP contribution in [0.2, 0.25) is 0 Å². The van der Waals surface area contributed by atoms with Gasteiger partial charge in [0.1, 0.15) is 10.6 Å². The zero-order valence-electron chi connectivity index (χ0n) is 8.58.